The number of nitrogens with one attached hydrogen (secondary N) is 1. The summed E-state index contributed by atoms with van der Waals surface area (Å²) < 4.78 is 108. The van der Waals surface area contributed by atoms with Crippen molar-refractivity contribution in [2.45, 2.75) is 128 Å². The molecule has 0 atom stereocenters. The van der Waals surface area contributed by atoms with Gasteiger partial charge in [-0.05, 0) is 258 Å². The highest BCUT2D eigenvalue weighted by Gasteiger charge is 2.38. The van der Waals surface area contributed by atoms with Crippen LogP contribution >= 0.6 is 47.3 Å². The number of alkyl halides is 4. The number of carbonyl (C=O) groups is 7. The monoisotopic (exact) mass is 1900 g/mol. The molecule has 0 spiro atoms. The number of aryl methyl sites for hydroxylation is 6. The topological polar surface area (TPSA) is 412 Å². The highest BCUT2D eigenvalue weighted by atomic mass is 79.9. The molecule has 0 heterocycles. The number of benzene rings is 9. The zero-order valence-corrected chi connectivity index (χ0v) is 75.6. The molecular formula is C87H104BBr3F4N2O25. The number of anilines is 2. The van der Waals surface area contributed by atoms with Crippen LogP contribution in [-0.4, -0.2) is 160 Å². The Morgan fingerprint density at radius 2 is 0.836 bits per heavy atom. The molecule has 122 heavy (non-hydrogen) atoms. The van der Waals surface area contributed by atoms with E-state index in [9.17, 15) is 66.4 Å². The number of hydrogen-bond donors (Lipinski definition) is 10. The Bertz CT molecular complexity index is 4840. The van der Waals surface area contributed by atoms with E-state index in [2.05, 4.69) is 62.1 Å². The summed E-state index contributed by atoms with van der Waals surface area (Å²) in [5.74, 6) is -2.79. The number of carboxylic acid groups (broad SMARTS) is 3. The van der Waals surface area contributed by atoms with Crippen molar-refractivity contribution in [1.82, 2.24) is 0 Å². The summed E-state index contributed by atoms with van der Waals surface area (Å²) in [4.78, 5) is 77.5. The van der Waals surface area contributed by atoms with Gasteiger partial charge in [0.1, 0.15) is 17.6 Å². The Balaban J connectivity index is 0.00000142. The van der Waals surface area contributed by atoms with Crippen LogP contribution in [0.1, 0.15) is 168 Å². The van der Waals surface area contributed by atoms with Gasteiger partial charge in [-0.25, -0.2) is 24.0 Å². The van der Waals surface area contributed by atoms with Crippen molar-refractivity contribution >= 4 is 104 Å². The number of phenols is 5. The first-order valence-corrected chi connectivity index (χ1v) is 38.8. The van der Waals surface area contributed by atoms with Gasteiger partial charge in [0, 0.05) is 22.5 Å². The van der Waals surface area contributed by atoms with Gasteiger partial charge in [0.15, 0.2) is 69.0 Å². The number of aldehydes is 1. The fourth-order valence-electron chi connectivity index (χ4n) is 9.43. The standard InChI is InChI=1S/C22H24F3NO5.C14H20O4.C9H10O4.C9H10O3.C8H9NO2.C8H8O4.C8H10O2.C8H10O.CH3F.BBr3/c1-12(2)30-18-11-15(10-17(22(23,24)25)19(18)31-13(3)4)20(27)26-16-8-6-14(7-9-16)21(28)29-5;1-8(2)17-12-7-11(14(15)16)6-10(5)13(12)18-9(3)4;1-5-3-6(9(11)12)4-7(13-2)8(5)10;1-6-3-7(5-10)4-8(12-2)9(6)11;1-11-8(10)6-2-4-7(9)5-3-6;1-4-2-5(8(11)12)3-6(9)7(4)10;1-6-4-3-5-7(10-2)8(6)9;1-7-4-3-5-8(6-7)9-2;1-2;2-1(3)4/h6-13H,1-5H3,(H,26,27);6-9H,1-5H3,(H,15,16);3-4,10H,1-2H3,(H,11,12);3-5,11H,1-2H3;2-5H,9H2,1H3;2-3,9-10H,1H3,(H,11,12);3-5,9H,1-2H3;3-6H,1-2H3;1H3;/i;;;;;;;;1D;. The van der Waals surface area contributed by atoms with Crippen LogP contribution in [0.5, 0.6) is 74.7 Å². The number of aromatic carboxylic acids is 3. The van der Waals surface area contributed by atoms with E-state index >= 15 is 0 Å². The van der Waals surface area contributed by atoms with Gasteiger partial charge < -0.3 is 99.3 Å². The Labute approximate surface area is 733 Å². The van der Waals surface area contributed by atoms with Gasteiger partial charge in [0.2, 0.25) is 0 Å². The average Bonchev–Trinajstić information content (AvgIpc) is 0.817. The second-order valence-corrected chi connectivity index (χ2v) is 32.5. The van der Waals surface area contributed by atoms with Crippen LogP contribution in [0, 0.1) is 41.5 Å². The molecular weight excluding hydrogens is 1800 g/mol. The maximum absolute atomic E-state index is 13.7. The zero-order valence-electron chi connectivity index (χ0n) is 71.8. The van der Waals surface area contributed by atoms with Crippen molar-refractivity contribution in [2.75, 3.05) is 60.9 Å². The van der Waals surface area contributed by atoms with Crippen molar-refractivity contribution in [1.29, 1.82) is 0 Å². The highest BCUT2D eigenvalue weighted by molar-refractivity contribution is 9.69. The second-order valence-electron chi connectivity index (χ2n) is 26.1. The summed E-state index contributed by atoms with van der Waals surface area (Å²) in [6, 6.07) is 38.8. The molecule has 0 aliphatic heterocycles. The van der Waals surface area contributed by atoms with Crippen LogP contribution in [0.2, 0.25) is 0 Å². The van der Waals surface area contributed by atoms with Gasteiger partial charge in [0.05, 0.1) is 103 Å². The van der Waals surface area contributed by atoms with E-state index < -0.39 is 72.4 Å². The minimum atomic E-state index is -4.77. The van der Waals surface area contributed by atoms with Crippen molar-refractivity contribution < 1.29 is 141 Å². The Kier molecular flexibility index (Phi) is 49.2. The molecule has 0 bridgehead atoms. The van der Waals surface area contributed by atoms with Crippen molar-refractivity contribution in [3.63, 3.8) is 0 Å². The first-order valence-electron chi connectivity index (χ1n) is 36.8. The molecule has 0 aliphatic rings. The number of carboxylic acids is 3. The molecule has 0 fully saturated rings. The van der Waals surface area contributed by atoms with E-state index in [0.29, 0.717) is 62.2 Å². The summed E-state index contributed by atoms with van der Waals surface area (Å²) in [6.07, 6.45) is -5.06. The lowest BCUT2D eigenvalue weighted by Gasteiger charge is -2.22. The van der Waals surface area contributed by atoms with Crippen molar-refractivity contribution in [3.05, 3.63) is 230 Å². The SMILES string of the molecule is BrB(Br)Br.COC(=O)c1ccc(N)cc1.COC(=O)c1ccc(NC(=O)c2cc(OC(C)C)c(OC(C)C)c(C(F)(F)F)c2)cc1.COc1cc(C(=O)O)cc(C)c1O.COc1cc(C=O)cc(C)c1O.COc1cccc(C)c1.COc1cccc(C)c1O.Cc1cc(C(=O)O)cc(O)c1O.Cc1cc(C(=O)O)cc(OC(C)C)c1OC(C)C.[2H]CF. The van der Waals surface area contributed by atoms with Gasteiger partial charge in [0.25, 0.3) is 5.91 Å². The number of halogens is 7. The van der Waals surface area contributed by atoms with Gasteiger partial charge in [-0.1, -0.05) is 24.3 Å². The van der Waals surface area contributed by atoms with E-state index in [4.69, 9.17) is 70.5 Å². The predicted octanol–water partition coefficient (Wildman–Crippen LogP) is 20.1. The maximum atomic E-state index is 13.7. The number of esters is 2. The number of phenolic OH excluding ortho intramolecular Hbond substituents is 5. The number of rotatable bonds is 20. The quantitative estimate of drug-likeness (QED) is 0.00846. The molecule has 0 saturated heterocycles. The van der Waals surface area contributed by atoms with Crippen molar-refractivity contribution in [2.24, 2.45) is 0 Å². The number of carbonyl (C=O) groups excluding carboxylic acids is 4. The van der Waals surface area contributed by atoms with Crippen LogP contribution in [0.15, 0.2) is 152 Å². The lowest BCUT2D eigenvalue weighted by Crippen LogP contribution is -2.19. The molecule has 0 unspecified atom stereocenters. The number of methoxy groups -OCH3 is 6. The number of amides is 1. The van der Waals surface area contributed by atoms with E-state index in [-0.39, 0.29) is 83.7 Å². The smallest absolute Gasteiger partial charge is 0.420 e. The van der Waals surface area contributed by atoms with Gasteiger partial charge in [-0.3, -0.25) is 14.0 Å². The average molecular weight is 1910 g/mol. The van der Waals surface area contributed by atoms with Crippen molar-refractivity contribution in [3.8, 4) is 74.7 Å². The summed E-state index contributed by atoms with van der Waals surface area (Å²) in [7, 11) is 7.62. The number of nitrogen functional groups attached to an aromatic ring is 1. The number of para-hydroxylation sites is 1. The van der Waals surface area contributed by atoms with E-state index in [1.165, 1.54) is 109 Å². The molecule has 1 amide bonds. The highest BCUT2D eigenvalue weighted by Crippen LogP contribution is 2.44. The largest absolute Gasteiger partial charge is 0.504 e. The van der Waals surface area contributed by atoms with E-state index in [0.717, 1.165) is 35.3 Å². The fraction of sp³-hybridized carbons (Fsp3) is 0.299. The third-order valence-electron chi connectivity index (χ3n) is 15.0. The lowest BCUT2D eigenvalue weighted by molar-refractivity contribution is -0.139. The first kappa shape index (κ1) is 108. The Morgan fingerprint density at radius 1 is 0.451 bits per heavy atom. The third-order valence-corrected chi connectivity index (χ3v) is 15.0. The van der Waals surface area contributed by atoms with Gasteiger partial charge >= 0.3 is 39.2 Å². The zero-order chi connectivity index (χ0) is 94.5. The van der Waals surface area contributed by atoms with Gasteiger partial charge in [-0.15, -0.1) is 47.3 Å². The minimum absolute atomic E-state index is 0.00823. The summed E-state index contributed by atoms with van der Waals surface area (Å²) in [5, 5.41) is 74.9. The maximum Gasteiger partial charge on any atom is 0.420 e. The van der Waals surface area contributed by atoms with E-state index in [1.54, 1.807) is 91.1 Å². The predicted molar refractivity (Wildman–Crippen MR) is 470 cm³/mol. The molecule has 9 aromatic carbocycles. The molecule has 11 N–H and O–H groups in total. The summed E-state index contributed by atoms with van der Waals surface area (Å²) in [6.45, 7) is 24.7. The number of hydrogen-bond acceptors (Lipinski definition) is 23. The summed E-state index contributed by atoms with van der Waals surface area (Å²) >= 11 is 9.31. The number of aromatic hydroxyl groups is 5. The Hall–Kier alpha value is -12.1. The van der Waals surface area contributed by atoms with Crippen LogP contribution in [0.4, 0.5) is 28.9 Å². The lowest BCUT2D eigenvalue weighted by atomic mass is 10.1. The molecule has 0 aromatic heterocycles. The third kappa shape index (κ3) is 39.8. The second kappa shape index (κ2) is 55.7. The molecule has 27 nitrogen and oxygen atoms in total. The van der Waals surface area contributed by atoms with Gasteiger partial charge in [-0.2, -0.15) is 13.2 Å². The van der Waals surface area contributed by atoms with Crippen LogP contribution in [0.25, 0.3) is 0 Å². The molecule has 9 aromatic rings. The van der Waals surface area contributed by atoms with Crippen LogP contribution < -0.4 is 48.9 Å². The van der Waals surface area contributed by atoms with Crippen LogP contribution in [0.3, 0.4) is 0 Å². The molecule has 9 rings (SSSR count). The van der Waals surface area contributed by atoms with Crippen LogP contribution in [-0.2, 0) is 15.7 Å². The number of nitrogens with two attached hydrogens (primary N) is 1. The Morgan fingerprint density at radius 3 is 1.23 bits per heavy atom. The molecule has 0 aliphatic carbocycles. The van der Waals surface area contributed by atoms with E-state index in [1.807, 2.05) is 84.9 Å². The first-order chi connectivity index (χ1) is 57.4. The fourth-order valence-corrected chi connectivity index (χ4v) is 9.43. The molecule has 0 radical (unpaired) electrons. The normalized spacial score (nSPS) is 10.1. The minimum Gasteiger partial charge on any atom is -0.504 e. The summed E-state index contributed by atoms with van der Waals surface area (Å²) in [5.41, 5.74) is 10.8. The molecule has 0 saturated carbocycles. The molecule has 664 valence electrons. The molecule has 35 heteroatoms. The number of ether oxygens (including phenoxy) is 10.